The lowest BCUT2D eigenvalue weighted by atomic mass is 9.95. The molecular formula is C25H18Cl3NO4. The molecule has 4 rings (SSSR count). The van der Waals surface area contributed by atoms with Crippen molar-refractivity contribution in [3.8, 4) is 5.75 Å². The first kappa shape index (κ1) is 23.2. The van der Waals surface area contributed by atoms with Crippen LogP contribution in [0, 0.1) is 6.92 Å². The van der Waals surface area contributed by atoms with Crippen molar-refractivity contribution in [3.63, 3.8) is 0 Å². The first-order chi connectivity index (χ1) is 15.7. The summed E-state index contributed by atoms with van der Waals surface area (Å²) in [7, 11) is 1.43. The van der Waals surface area contributed by atoms with E-state index < -0.39 is 23.5 Å². The number of ketones is 1. The van der Waals surface area contributed by atoms with Crippen molar-refractivity contribution in [1.29, 1.82) is 0 Å². The van der Waals surface area contributed by atoms with E-state index in [1.54, 1.807) is 54.6 Å². The third-order valence-corrected chi connectivity index (χ3v) is 6.37. The van der Waals surface area contributed by atoms with Crippen LogP contribution in [0.25, 0.3) is 5.76 Å². The first-order valence-electron chi connectivity index (χ1n) is 9.89. The first-order valence-corrected chi connectivity index (χ1v) is 11.0. The van der Waals surface area contributed by atoms with E-state index in [2.05, 4.69) is 0 Å². The van der Waals surface area contributed by atoms with Crippen LogP contribution >= 0.6 is 34.8 Å². The molecule has 168 valence electrons. The molecule has 1 amide bonds. The molecule has 3 aromatic carbocycles. The third-order valence-electron chi connectivity index (χ3n) is 5.48. The van der Waals surface area contributed by atoms with E-state index in [-0.39, 0.29) is 11.1 Å². The standard InChI is InChI=1S/C25H18Cl3NO4/c1-13-3-9-17(12-19(13)28)29-22(14-4-6-15(26)7-5-14)21(24(31)25(29)32)23(30)18-11-16(27)8-10-20(18)33-2/h3-12,22,30H,1-2H3/b23-21+. The monoisotopic (exact) mass is 501 g/mol. The van der Waals surface area contributed by atoms with Crippen LogP contribution in [-0.2, 0) is 9.59 Å². The van der Waals surface area contributed by atoms with Crippen LogP contribution in [0.4, 0.5) is 5.69 Å². The van der Waals surface area contributed by atoms with Gasteiger partial charge in [-0.15, -0.1) is 0 Å². The molecule has 0 bridgehead atoms. The SMILES string of the molecule is COc1ccc(Cl)cc1/C(O)=C1\C(=O)C(=O)N(c2ccc(C)c(Cl)c2)C1c1ccc(Cl)cc1. The highest BCUT2D eigenvalue weighted by Crippen LogP contribution is 2.44. The van der Waals surface area contributed by atoms with Crippen LogP contribution in [-0.4, -0.2) is 23.9 Å². The fraction of sp³-hybridized carbons (Fsp3) is 0.120. The van der Waals surface area contributed by atoms with Gasteiger partial charge in [0.25, 0.3) is 11.7 Å². The number of halogens is 3. The van der Waals surface area contributed by atoms with Crippen LogP contribution in [0.3, 0.4) is 0 Å². The predicted molar refractivity (Wildman–Crippen MR) is 130 cm³/mol. The third kappa shape index (κ3) is 4.20. The molecule has 1 heterocycles. The van der Waals surface area contributed by atoms with Gasteiger partial charge >= 0.3 is 0 Å². The number of benzene rings is 3. The molecule has 0 radical (unpaired) electrons. The summed E-state index contributed by atoms with van der Waals surface area (Å²) in [6.07, 6.45) is 0. The van der Waals surface area contributed by atoms with Gasteiger partial charge in [0.2, 0.25) is 0 Å². The fourth-order valence-corrected chi connectivity index (χ4v) is 4.27. The van der Waals surface area contributed by atoms with Gasteiger partial charge in [-0.25, -0.2) is 0 Å². The molecule has 1 N–H and O–H groups in total. The van der Waals surface area contributed by atoms with Crippen molar-refractivity contribution in [3.05, 3.63) is 98.0 Å². The molecule has 8 heteroatoms. The number of amides is 1. The number of carbonyl (C=O) groups excluding carboxylic acids is 2. The Morgan fingerprint density at radius 3 is 2.24 bits per heavy atom. The molecule has 0 aromatic heterocycles. The van der Waals surface area contributed by atoms with Gasteiger partial charge in [0, 0.05) is 20.8 Å². The number of aryl methyl sites for hydroxylation is 1. The Balaban J connectivity index is 1.99. The van der Waals surface area contributed by atoms with Gasteiger partial charge in [-0.1, -0.05) is 53.0 Å². The van der Waals surface area contributed by atoms with E-state index >= 15 is 0 Å². The normalized spacial score (nSPS) is 17.5. The highest BCUT2D eigenvalue weighted by atomic mass is 35.5. The van der Waals surface area contributed by atoms with Crippen LogP contribution in [0.1, 0.15) is 22.7 Å². The fourth-order valence-electron chi connectivity index (χ4n) is 3.80. The molecule has 33 heavy (non-hydrogen) atoms. The van der Waals surface area contributed by atoms with E-state index in [0.717, 1.165) is 5.56 Å². The van der Waals surface area contributed by atoms with Gasteiger partial charge in [-0.05, 0) is 60.5 Å². The predicted octanol–water partition coefficient (Wildman–Crippen LogP) is 6.59. The highest BCUT2D eigenvalue weighted by molar-refractivity contribution is 6.52. The zero-order chi connectivity index (χ0) is 23.9. The number of aliphatic hydroxyl groups excluding tert-OH is 1. The summed E-state index contributed by atoms with van der Waals surface area (Å²) in [4.78, 5) is 27.8. The zero-order valence-electron chi connectivity index (χ0n) is 17.6. The van der Waals surface area contributed by atoms with Crippen molar-refractivity contribution >= 4 is 57.9 Å². The minimum Gasteiger partial charge on any atom is -0.507 e. The largest absolute Gasteiger partial charge is 0.507 e. The molecule has 1 fully saturated rings. The summed E-state index contributed by atoms with van der Waals surface area (Å²) < 4.78 is 5.34. The number of carbonyl (C=O) groups is 2. The van der Waals surface area contributed by atoms with Crippen molar-refractivity contribution in [2.75, 3.05) is 12.0 Å². The van der Waals surface area contributed by atoms with E-state index in [1.165, 1.54) is 18.1 Å². The number of hydrogen-bond donors (Lipinski definition) is 1. The Morgan fingerprint density at radius 2 is 1.61 bits per heavy atom. The van der Waals surface area contributed by atoms with Crippen molar-refractivity contribution < 1.29 is 19.4 Å². The number of rotatable bonds is 4. The van der Waals surface area contributed by atoms with Gasteiger partial charge in [0.15, 0.2) is 0 Å². The van der Waals surface area contributed by atoms with Gasteiger partial charge < -0.3 is 9.84 Å². The van der Waals surface area contributed by atoms with Crippen molar-refractivity contribution in [2.45, 2.75) is 13.0 Å². The van der Waals surface area contributed by atoms with Gasteiger partial charge in [0.05, 0.1) is 24.3 Å². The van der Waals surface area contributed by atoms with Gasteiger partial charge in [-0.2, -0.15) is 0 Å². The van der Waals surface area contributed by atoms with Crippen LogP contribution in [0.2, 0.25) is 15.1 Å². The Morgan fingerprint density at radius 1 is 0.939 bits per heavy atom. The number of nitrogens with zero attached hydrogens (tertiary/aromatic N) is 1. The number of methoxy groups -OCH3 is 1. The lowest BCUT2D eigenvalue weighted by Gasteiger charge is -2.26. The summed E-state index contributed by atoms with van der Waals surface area (Å²) in [6, 6.07) is 15.5. The Bertz CT molecular complexity index is 1300. The number of anilines is 1. The topological polar surface area (TPSA) is 66.8 Å². The van der Waals surface area contributed by atoms with Crippen LogP contribution in [0.15, 0.2) is 66.2 Å². The van der Waals surface area contributed by atoms with Crippen molar-refractivity contribution in [2.24, 2.45) is 0 Å². The second kappa shape index (κ2) is 9.10. The molecule has 5 nitrogen and oxygen atoms in total. The lowest BCUT2D eigenvalue weighted by molar-refractivity contribution is -0.132. The van der Waals surface area contributed by atoms with E-state index in [4.69, 9.17) is 39.5 Å². The molecule has 1 saturated heterocycles. The molecule has 0 saturated carbocycles. The Kier molecular flexibility index (Phi) is 6.39. The quantitative estimate of drug-likeness (QED) is 0.248. The molecule has 1 atom stereocenters. The summed E-state index contributed by atoms with van der Waals surface area (Å²) >= 11 is 18.5. The summed E-state index contributed by atoms with van der Waals surface area (Å²) in [5.74, 6) is -1.73. The minimum absolute atomic E-state index is 0.0976. The molecular weight excluding hydrogens is 485 g/mol. The number of aliphatic hydroxyl groups is 1. The zero-order valence-corrected chi connectivity index (χ0v) is 19.9. The van der Waals surface area contributed by atoms with E-state index in [9.17, 15) is 14.7 Å². The van der Waals surface area contributed by atoms with E-state index in [1.807, 2.05) is 6.92 Å². The molecule has 3 aromatic rings. The summed E-state index contributed by atoms with van der Waals surface area (Å²) in [5, 5.41) is 12.6. The summed E-state index contributed by atoms with van der Waals surface area (Å²) in [6.45, 7) is 1.84. The Hall–Kier alpha value is -2.99. The van der Waals surface area contributed by atoms with Gasteiger partial charge in [0.1, 0.15) is 11.5 Å². The van der Waals surface area contributed by atoms with E-state index in [0.29, 0.717) is 32.1 Å². The second-order valence-corrected chi connectivity index (χ2v) is 8.78. The number of ether oxygens (including phenoxy) is 1. The molecule has 1 aliphatic heterocycles. The summed E-state index contributed by atoms with van der Waals surface area (Å²) in [5.41, 5.74) is 1.93. The molecule has 1 unspecified atom stereocenters. The molecule has 0 spiro atoms. The van der Waals surface area contributed by atoms with Gasteiger partial charge in [-0.3, -0.25) is 14.5 Å². The second-order valence-electron chi connectivity index (χ2n) is 7.50. The molecule has 1 aliphatic rings. The Labute approximate surface area is 205 Å². The smallest absolute Gasteiger partial charge is 0.300 e. The van der Waals surface area contributed by atoms with Crippen LogP contribution in [0.5, 0.6) is 5.75 Å². The minimum atomic E-state index is -0.926. The molecule has 0 aliphatic carbocycles. The average molecular weight is 503 g/mol. The van der Waals surface area contributed by atoms with Crippen LogP contribution < -0.4 is 9.64 Å². The lowest BCUT2D eigenvalue weighted by Crippen LogP contribution is -2.29. The maximum absolute atomic E-state index is 13.2. The number of Topliss-reactive ketones (excluding diaryl/α,β-unsaturated/α-hetero) is 1. The maximum Gasteiger partial charge on any atom is 0.300 e. The average Bonchev–Trinajstić information content (AvgIpc) is 3.06. The van der Waals surface area contributed by atoms with Crippen molar-refractivity contribution in [1.82, 2.24) is 0 Å². The number of hydrogen-bond acceptors (Lipinski definition) is 4. The highest BCUT2D eigenvalue weighted by Gasteiger charge is 2.47. The maximum atomic E-state index is 13.2.